The van der Waals surface area contributed by atoms with Gasteiger partial charge >= 0.3 is 0 Å². The average molecular weight is 297 g/mol. The highest BCUT2D eigenvalue weighted by atomic mass is 35.5. The van der Waals surface area contributed by atoms with Gasteiger partial charge in [-0.3, -0.25) is 0 Å². The fraction of sp³-hybridized carbons (Fsp3) is 0.0769. The van der Waals surface area contributed by atoms with Gasteiger partial charge in [0.05, 0.1) is 5.69 Å². The summed E-state index contributed by atoms with van der Waals surface area (Å²) in [7, 11) is -3.73. The fourth-order valence-electron chi connectivity index (χ4n) is 1.66. The van der Waals surface area contributed by atoms with Crippen LogP contribution >= 0.6 is 11.6 Å². The molecule has 0 aromatic heterocycles. The van der Waals surface area contributed by atoms with Gasteiger partial charge in [-0.05, 0) is 29.8 Å². The molecule has 0 unspecified atom stereocenters. The minimum absolute atomic E-state index is 0.0870. The van der Waals surface area contributed by atoms with Crippen molar-refractivity contribution in [2.75, 3.05) is 5.32 Å². The van der Waals surface area contributed by atoms with Crippen molar-refractivity contribution < 1.29 is 8.42 Å². The van der Waals surface area contributed by atoms with E-state index < -0.39 is 10.0 Å². The number of nitrogens with two attached hydrogens (primary N) is 1. The Kier molecular flexibility index (Phi) is 4.09. The quantitative estimate of drug-likeness (QED) is 0.911. The molecule has 6 heteroatoms. The molecule has 100 valence electrons. The average Bonchev–Trinajstić information content (AvgIpc) is 2.37. The van der Waals surface area contributed by atoms with Crippen molar-refractivity contribution in [3.05, 3.63) is 59.1 Å². The summed E-state index contributed by atoms with van der Waals surface area (Å²) >= 11 is 5.80. The molecule has 0 radical (unpaired) electrons. The van der Waals surface area contributed by atoms with Gasteiger partial charge in [-0.1, -0.05) is 35.9 Å². The molecule has 3 N–H and O–H groups in total. The number of sulfonamides is 1. The summed E-state index contributed by atoms with van der Waals surface area (Å²) in [5, 5.41) is 8.88. The number of rotatable bonds is 4. The van der Waals surface area contributed by atoms with E-state index >= 15 is 0 Å². The summed E-state index contributed by atoms with van der Waals surface area (Å²) in [6.45, 7) is 0.490. The summed E-state index contributed by atoms with van der Waals surface area (Å²) in [4.78, 5) is 0.0870. The third kappa shape index (κ3) is 3.70. The van der Waals surface area contributed by atoms with Crippen LogP contribution in [0.3, 0.4) is 0 Å². The van der Waals surface area contributed by atoms with Crippen molar-refractivity contribution in [1.82, 2.24) is 0 Å². The van der Waals surface area contributed by atoms with Crippen molar-refractivity contribution in [3.8, 4) is 0 Å². The van der Waals surface area contributed by atoms with E-state index in [1.54, 1.807) is 30.3 Å². The zero-order valence-corrected chi connectivity index (χ0v) is 11.6. The van der Waals surface area contributed by atoms with Gasteiger partial charge in [0.2, 0.25) is 10.0 Å². The topological polar surface area (TPSA) is 72.2 Å². The van der Waals surface area contributed by atoms with Crippen LogP contribution in [0, 0.1) is 0 Å². The molecule has 4 nitrogen and oxygen atoms in total. The number of primary sulfonamides is 1. The maximum absolute atomic E-state index is 11.4. The summed E-state index contributed by atoms with van der Waals surface area (Å²) < 4.78 is 22.9. The molecule has 0 atom stereocenters. The highest BCUT2D eigenvalue weighted by Crippen LogP contribution is 2.20. The van der Waals surface area contributed by atoms with Crippen LogP contribution < -0.4 is 10.5 Å². The predicted octanol–water partition coefficient (Wildman–Crippen LogP) is 2.60. The predicted molar refractivity (Wildman–Crippen MR) is 76.6 cm³/mol. The molecule has 0 saturated heterocycles. The van der Waals surface area contributed by atoms with Crippen LogP contribution in [0.2, 0.25) is 5.02 Å². The van der Waals surface area contributed by atoms with Crippen molar-refractivity contribution in [1.29, 1.82) is 0 Å². The first-order valence-electron chi connectivity index (χ1n) is 5.57. The van der Waals surface area contributed by atoms with Gasteiger partial charge in [-0.15, -0.1) is 0 Å². The fourth-order valence-corrected chi connectivity index (χ4v) is 2.50. The van der Waals surface area contributed by atoms with E-state index in [0.29, 0.717) is 17.3 Å². The van der Waals surface area contributed by atoms with Crippen LogP contribution in [0.1, 0.15) is 5.56 Å². The zero-order chi connectivity index (χ0) is 13.9. The lowest BCUT2D eigenvalue weighted by atomic mass is 10.2. The van der Waals surface area contributed by atoms with Crippen LogP contribution in [0.5, 0.6) is 0 Å². The Labute approximate surface area is 117 Å². The minimum Gasteiger partial charge on any atom is -0.380 e. The van der Waals surface area contributed by atoms with E-state index in [0.717, 1.165) is 5.56 Å². The van der Waals surface area contributed by atoms with Gasteiger partial charge in [0, 0.05) is 11.6 Å². The monoisotopic (exact) mass is 296 g/mol. The number of benzene rings is 2. The van der Waals surface area contributed by atoms with E-state index in [-0.39, 0.29) is 4.90 Å². The van der Waals surface area contributed by atoms with Crippen molar-refractivity contribution in [3.63, 3.8) is 0 Å². The Balaban J connectivity index is 2.18. The van der Waals surface area contributed by atoms with Gasteiger partial charge in [-0.2, -0.15) is 0 Å². The van der Waals surface area contributed by atoms with Gasteiger partial charge in [0.1, 0.15) is 4.90 Å². The first-order chi connectivity index (χ1) is 8.97. The second-order valence-corrected chi connectivity index (χ2v) is 5.99. The lowest BCUT2D eigenvalue weighted by Crippen LogP contribution is -2.14. The van der Waals surface area contributed by atoms with Crippen LogP contribution in [0.15, 0.2) is 53.4 Å². The molecule has 0 spiro atoms. The molecular weight excluding hydrogens is 284 g/mol. The SMILES string of the molecule is NS(=O)(=O)c1ccccc1NCc1ccc(Cl)cc1. The molecule has 0 aliphatic heterocycles. The van der Waals surface area contributed by atoms with Crippen LogP contribution in [-0.4, -0.2) is 8.42 Å². The van der Waals surface area contributed by atoms with Crippen molar-refractivity contribution in [2.45, 2.75) is 11.4 Å². The van der Waals surface area contributed by atoms with Gasteiger partial charge in [-0.25, -0.2) is 13.6 Å². The van der Waals surface area contributed by atoms with Crippen molar-refractivity contribution in [2.24, 2.45) is 5.14 Å². The smallest absolute Gasteiger partial charge is 0.240 e. The molecule has 0 amide bonds. The Hall–Kier alpha value is -1.56. The largest absolute Gasteiger partial charge is 0.380 e. The zero-order valence-electron chi connectivity index (χ0n) is 10.0. The Morgan fingerprint density at radius 1 is 1.05 bits per heavy atom. The number of nitrogens with one attached hydrogen (secondary N) is 1. The lowest BCUT2D eigenvalue weighted by molar-refractivity contribution is 0.598. The summed E-state index contributed by atoms with van der Waals surface area (Å²) in [5.74, 6) is 0. The number of para-hydroxylation sites is 1. The maximum Gasteiger partial charge on any atom is 0.240 e. The first-order valence-corrected chi connectivity index (χ1v) is 7.49. The molecule has 2 rings (SSSR count). The molecular formula is C13H13ClN2O2S. The molecule has 0 bridgehead atoms. The number of hydrogen-bond acceptors (Lipinski definition) is 3. The van der Waals surface area contributed by atoms with Gasteiger partial charge in [0.15, 0.2) is 0 Å². The van der Waals surface area contributed by atoms with Crippen LogP contribution in [0.4, 0.5) is 5.69 Å². The standard InChI is InChI=1S/C13H13ClN2O2S/c14-11-7-5-10(6-8-11)9-16-12-3-1-2-4-13(12)19(15,17)18/h1-8,16H,9H2,(H2,15,17,18). The van der Waals surface area contributed by atoms with E-state index in [9.17, 15) is 8.42 Å². The maximum atomic E-state index is 11.4. The normalized spacial score (nSPS) is 11.3. The number of hydrogen-bond donors (Lipinski definition) is 2. The van der Waals surface area contributed by atoms with Crippen molar-refractivity contribution >= 4 is 27.3 Å². The Morgan fingerprint density at radius 3 is 2.32 bits per heavy atom. The Morgan fingerprint density at radius 2 is 1.68 bits per heavy atom. The summed E-state index contributed by atoms with van der Waals surface area (Å²) in [5.41, 5.74) is 1.48. The second kappa shape index (κ2) is 5.61. The molecule has 0 aliphatic carbocycles. The van der Waals surface area contributed by atoms with E-state index in [4.69, 9.17) is 16.7 Å². The summed E-state index contributed by atoms with van der Waals surface area (Å²) in [6.07, 6.45) is 0. The summed E-state index contributed by atoms with van der Waals surface area (Å²) in [6, 6.07) is 13.8. The first kappa shape index (κ1) is 13.9. The highest BCUT2D eigenvalue weighted by molar-refractivity contribution is 7.89. The van der Waals surface area contributed by atoms with Gasteiger partial charge in [0.25, 0.3) is 0 Å². The van der Waals surface area contributed by atoms with E-state index in [2.05, 4.69) is 5.32 Å². The molecule has 2 aromatic carbocycles. The third-order valence-corrected chi connectivity index (χ3v) is 3.81. The Bertz CT molecular complexity index is 669. The molecule has 2 aromatic rings. The molecule has 0 fully saturated rings. The van der Waals surface area contributed by atoms with Crippen LogP contribution in [0.25, 0.3) is 0 Å². The molecule has 19 heavy (non-hydrogen) atoms. The minimum atomic E-state index is -3.73. The molecule has 0 aliphatic rings. The number of anilines is 1. The molecule has 0 heterocycles. The second-order valence-electron chi connectivity index (χ2n) is 4.02. The van der Waals surface area contributed by atoms with Gasteiger partial charge < -0.3 is 5.32 Å². The molecule has 0 saturated carbocycles. The number of halogens is 1. The van der Waals surface area contributed by atoms with E-state index in [1.807, 2.05) is 12.1 Å². The third-order valence-electron chi connectivity index (χ3n) is 2.59. The lowest BCUT2D eigenvalue weighted by Gasteiger charge is -2.10. The van der Waals surface area contributed by atoms with Crippen LogP contribution in [-0.2, 0) is 16.6 Å². The highest BCUT2D eigenvalue weighted by Gasteiger charge is 2.12. The van der Waals surface area contributed by atoms with E-state index in [1.165, 1.54) is 6.07 Å².